The Morgan fingerprint density at radius 2 is 1.93 bits per heavy atom. The van der Waals surface area contributed by atoms with E-state index in [1.54, 1.807) is 13.2 Å². The molecule has 0 saturated carbocycles. The van der Waals surface area contributed by atoms with Gasteiger partial charge in [0, 0.05) is 16.0 Å². The van der Waals surface area contributed by atoms with Gasteiger partial charge >= 0.3 is 6.18 Å². The predicted molar refractivity (Wildman–Crippen MR) is 107 cm³/mol. The molecule has 1 aromatic heterocycles. The molecule has 7 heteroatoms. The number of hydrogen-bond donors (Lipinski definition) is 2. The maximum absolute atomic E-state index is 13.6. The number of nitrogens with two attached hydrogens (primary N) is 1. The highest BCUT2D eigenvalue weighted by atomic mass is 35.5. The SMILES string of the molecule is COc1c(C)cccc1-c1[nH]c2c(C(F)(F)F)cc(Cl)cc2c1CCCCN. The summed E-state index contributed by atoms with van der Waals surface area (Å²) in [5, 5.41) is 0.539. The van der Waals surface area contributed by atoms with E-state index in [1.165, 1.54) is 0 Å². The van der Waals surface area contributed by atoms with Gasteiger partial charge in [0.05, 0.1) is 23.9 Å². The summed E-state index contributed by atoms with van der Waals surface area (Å²) < 4.78 is 46.5. The Labute approximate surface area is 166 Å². The van der Waals surface area contributed by atoms with Crippen LogP contribution in [0.5, 0.6) is 5.75 Å². The van der Waals surface area contributed by atoms with E-state index in [1.807, 2.05) is 25.1 Å². The molecule has 3 nitrogen and oxygen atoms in total. The largest absolute Gasteiger partial charge is 0.496 e. The normalized spacial score (nSPS) is 12.0. The van der Waals surface area contributed by atoms with Crippen molar-refractivity contribution in [3.05, 3.63) is 52.0 Å². The summed E-state index contributed by atoms with van der Waals surface area (Å²) >= 11 is 6.04. The van der Waals surface area contributed by atoms with E-state index in [2.05, 4.69) is 4.98 Å². The number of aromatic nitrogens is 1. The number of aromatic amines is 1. The Morgan fingerprint density at radius 3 is 2.57 bits per heavy atom. The molecular weight excluding hydrogens is 389 g/mol. The van der Waals surface area contributed by atoms with Gasteiger partial charge < -0.3 is 15.5 Å². The Kier molecular flexibility index (Phi) is 5.91. The third-order valence-electron chi connectivity index (χ3n) is 4.85. The van der Waals surface area contributed by atoms with Crippen molar-refractivity contribution in [2.75, 3.05) is 13.7 Å². The molecule has 0 radical (unpaired) electrons. The minimum atomic E-state index is -4.52. The van der Waals surface area contributed by atoms with Crippen LogP contribution in [-0.4, -0.2) is 18.6 Å². The van der Waals surface area contributed by atoms with Crippen LogP contribution in [0.1, 0.15) is 29.5 Å². The first-order valence-electron chi connectivity index (χ1n) is 9.03. The molecular formula is C21H22ClF3N2O. The summed E-state index contributed by atoms with van der Waals surface area (Å²) in [6.07, 6.45) is -2.39. The Bertz CT molecular complexity index is 995. The fraction of sp³-hybridized carbons (Fsp3) is 0.333. The third kappa shape index (κ3) is 3.84. The minimum Gasteiger partial charge on any atom is -0.496 e. The van der Waals surface area contributed by atoms with E-state index in [9.17, 15) is 13.2 Å². The smallest absolute Gasteiger partial charge is 0.418 e. The van der Waals surface area contributed by atoms with Crippen LogP contribution in [0, 0.1) is 6.92 Å². The topological polar surface area (TPSA) is 51.0 Å². The minimum absolute atomic E-state index is 0.0400. The molecule has 2 aromatic carbocycles. The van der Waals surface area contributed by atoms with E-state index >= 15 is 0 Å². The number of fused-ring (bicyclic) bond motifs is 1. The molecule has 0 atom stereocenters. The summed E-state index contributed by atoms with van der Waals surface area (Å²) in [5.41, 5.74) is 7.92. The van der Waals surface area contributed by atoms with Crippen molar-refractivity contribution in [2.45, 2.75) is 32.4 Å². The van der Waals surface area contributed by atoms with Crippen molar-refractivity contribution < 1.29 is 17.9 Å². The van der Waals surface area contributed by atoms with Crippen molar-refractivity contribution in [3.63, 3.8) is 0 Å². The molecule has 0 aliphatic heterocycles. The number of alkyl halides is 3. The lowest BCUT2D eigenvalue weighted by Gasteiger charge is -2.12. The highest BCUT2D eigenvalue weighted by Gasteiger charge is 2.35. The average Bonchev–Trinajstić information content (AvgIpc) is 2.98. The van der Waals surface area contributed by atoms with E-state index in [4.69, 9.17) is 22.1 Å². The number of halogens is 4. The van der Waals surface area contributed by atoms with Gasteiger partial charge in [-0.3, -0.25) is 0 Å². The molecule has 0 saturated heterocycles. The average molecular weight is 411 g/mol. The molecule has 150 valence electrons. The van der Waals surface area contributed by atoms with Crippen molar-refractivity contribution in [3.8, 4) is 17.0 Å². The van der Waals surface area contributed by atoms with Crippen LogP contribution >= 0.6 is 11.6 Å². The first kappa shape index (κ1) is 20.6. The molecule has 0 spiro atoms. The Hall–Kier alpha value is -2.18. The number of aryl methyl sites for hydroxylation is 2. The molecule has 3 aromatic rings. The molecule has 0 aliphatic rings. The first-order valence-corrected chi connectivity index (χ1v) is 9.41. The van der Waals surface area contributed by atoms with Gasteiger partial charge in [-0.05, 0) is 62.1 Å². The molecule has 0 bridgehead atoms. The zero-order valence-electron chi connectivity index (χ0n) is 15.7. The van der Waals surface area contributed by atoms with Gasteiger partial charge in [0.1, 0.15) is 5.75 Å². The molecule has 1 heterocycles. The van der Waals surface area contributed by atoms with Crippen LogP contribution in [0.4, 0.5) is 13.2 Å². The molecule has 0 aliphatic carbocycles. The van der Waals surface area contributed by atoms with Gasteiger partial charge in [0.25, 0.3) is 0 Å². The Balaban J connectivity index is 2.33. The molecule has 0 unspecified atom stereocenters. The summed E-state index contributed by atoms with van der Waals surface area (Å²) in [5.74, 6) is 0.633. The summed E-state index contributed by atoms with van der Waals surface area (Å²) in [4.78, 5) is 3.02. The number of unbranched alkanes of at least 4 members (excludes halogenated alkanes) is 1. The standard InChI is InChI=1S/C21H22ClF3N2O/c1-12-6-5-8-15(20(12)28-2)18-14(7-3-4-9-26)16-10-13(22)11-17(19(16)27-18)21(23,24)25/h5-6,8,10-11,27H,3-4,7,9,26H2,1-2H3. The van der Waals surface area contributed by atoms with Crippen LogP contribution < -0.4 is 10.5 Å². The predicted octanol–water partition coefficient (Wildman–Crippen LogP) is 6.11. The van der Waals surface area contributed by atoms with Gasteiger partial charge in [0.2, 0.25) is 0 Å². The van der Waals surface area contributed by atoms with Crippen LogP contribution in [0.15, 0.2) is 30.3 Å². The number of rotatable bonds is 6. The highest BCUT2D eigenvalue weighted by molar-refractivity contribution is 6.31. The lowest BCUT2D eigenvalue weighted by atomic mass is 9.98. The van der Waals surface area contributed by atoms with Gasteiger partial charge in [0.15, 0.2) is 0 Å². The highest BCUT2D eigenvalue weighted by Crippen LogP contribution is 2.43. The summed E-state index contributed by atoms with van der Waals surface area (Å²) in [6.45, 7) is 2.43. The zero-order valence-corrected chi connectivity index (χ0v) is 16.5. The molecule has 28 heavy (non-hydrogen) atoms. The second-order valence-corrected chi connectivity index (χ2v) is 7.19. The van der Waals surface area contributed by atoms with Crippen LogP contribution in [-0.2, 0) is 12.6 Å². The zero-order chi connectivity index (χ0) is 20.5. The van der Waals surface area contributed by atoms with Crippen molar-refractivity contribution in [2.24, 2.45) is 5.73 Å². The van der Waals surface area contributed by atoms with Gasteiger partial charge in [-0.25, -0.2) is 0 Å². The summed E-state index contributed by atoms with van der Waals surface area (Å²) in [6, 6.07) is 8.16. The number of H-pyrrole nitrogens is 1. The van der Waals surface area contributed by atoms with Crippen LogP contribution in [0.3, 0.4) is 0 Å². The van der Waals surface area contributed by atoms with Crippen molar-refractivity contribution in [1.82, 2.24) is 4.98 Å². The van der Waals surface area contributed by atoms with Gasteiger partial charge in [-0.15, -0.1) is 0 Å². The van der Waals surface area contributed by atoms with E-state index in [-0.39, 0.29) is 10.5 Å². The number of para-hydroxylation sites is 1. The number of hydrogen-bond acceptors (Lipinski definition) is 2. The second kappa shape index (κ2) is 8.05. The summed E-state index contributed by atoms with van der Waals surface area (Å²) in [7, 11) is 1.56. The van der Waals surface area contributed by atoms with Crippen LogP contribution in [0.2, 0.25) is 5.02 Å². The van der Waals surface area contributed by atoms with Crippen LogP contribution in [0.25, 0.3) is 22.2 Å². The number of benzene rings is 2. The number of nitrogens with one attached hydrogen (secondary N) is 1. The van der Waals surface area contributed by atoms with Crippen molar-refractivity contribution >= 4 is 22.5 Å². The monoisotopic (exact) mass is 410 g/mol. The van der Waals surface area contributed by atoms with E-state index in [0.717, 1.165) is 35.6 Å². The third-order valence-corrected chi connectivity index (χ3v) is 5.07. The number of ether oxygens (including phenoxy) is 1. The van der Waals surface area contributed by atoms with Gasteiger partial charge in [-0.2, -0.15) is 13.2 Å². The molecule has 3 rings (SSSR count). The quantitative estimate of drug-likeness (QED) is 0.482. The fourth-order valence-corrected chi connectivity index (χ4v) is 3.81. The molecule has 3 N–H and O–H groups in total. The lowest BCUT2D eigenvalue weighted by Crippen LogP contribution is -2.05. The maximum atomic E-state index is 13.6. The molecule has 0 amide bonds. The maximum Gasteiger partial charge on any atom is 0.418 e. The Morgan fingerprint density at radius 1 is 1.18 bits per heavy atom. The second-order valence-electron chi connectivity index (χ2n) is 6.75. The fourth-order valence-electron chi connectivity index (χ4n) is 3.59. The lowest BCUT2D eigenvalue weighted by molar-refractivity contribution is -0.136. The van der Waals surface area contributed by atoms with Gasteiger partial charge in [-0.1, -0.05) is 23.7 Å². The molecule has 0 fully saturated rings. The first-order chi connectivity index (χ1) is 13.3. The van der Waals surface area contributed by atoms with Crippen molar-refractivity contribution in [1.29, 1.82) is 0 Å². The van der Waals surface area contributed by atoms with E-state index in [0.29, 0.717) is 29.8 Å². The van der Waals surface area contributed by atoms with E-state index < -0.39 is 11.7 Å². The number of methoxy groups -OCH3 is 1.